The van der Waals surface area contributed by atoms with Crippen LogP contribution in [-0.4, -0.2) is 97.7 Å². The molecule has 11 heteroatoms. The third-order valence-corrected chi connectivity index (χ3v) is 7.14. The maximum absolute atomic E-state index is 12.9. The Bertz CT molecular complexity index is 955. The van der Waals surface area contributed by atoms with Crippen molar-refractivity contribution in [1.82, 2.24) is 24.3 Å². The summed E-state index contributed by atoms with van der Waals surface area (Å²) in [6, 6.07) is 2.99. The molecule has 1 amide bonds. The fraction of sp³-hybridized carbons (Fsp3) is 0.556. The van der Waals surface area contributed by atoms with E-state index in [0.29, 0.717) is 63.7 Å². The standard InChI is InChI=1S/C18H25N5O5S/c1-2-21-5-7-23(8-6-21)29(25,26)16-4-3-15(28-16)17-14(13-19-20-17)18(24)22-9-11-27-12-10-22/h3-4,13H,2,5-12H2,1H3,(H,19,20). The van der Waals surface area contributed by atoms with E-state index in [4.69, 9.17) is 9.15 Å². The first-order chi connectivity index (χ1) is 14.0. The van der Waals surface area contributed by atoms with E-state index < -0.39 is 10.0 Å². The second-order valence-corrected chi connectivity index (χ2v) is 8.89. The zero-order valence-corrected chi connectivity index (χ0v) is 17.2. The number of nitrogens with zero attached hydrogens (tertiary/aromatic N) is 4. The number of H-pyrrole nitrogens is 1. The molecule has 2 aromatic rings. The highest BCUT2D eigenvalue weighted by Gasteiger charge is 2.32. The summed E-state index contributed by atoms with van der Waals surface area (Å²) in [5, 5.41) is 6.60. The molecule has 0 saturated carbocycles. The minimum Gasteiger partial charge on any atom is -0.442 e. The van der Waals surface area contributed by atoms with Gasteiger partial charge in [0.1, 0.15) is 5.69 Å². The van der Waals surface area contributed by atoms with Gasteiger partial charge in [0.25, 0.3) is 15.9 Å². The highest BCUT2D eigenvalue weighted by atomic mass is 32.2. The molecule has 29 heavy (non-hydrogen) atoms. The van der Waals surface area contributed by atoms with Gasteiger partial charge in [0.15, 0.2) is 5.76 Å². The number of furan rings is 1. The van der Waals surface area contributed by atoms with Gasteiger partial charge in [-0.3, -0.25) is 9.89 Å². The molecule has 2 saturated heterocycles. The number of carbonyl (C=O) groups excluding carboxylic acids is 1. The first-order valence-electron chi connectivity index (χ1n) is 9.74. The van der Waals surface area contributed by atoms with E-state index in [0.717, 1.165) is 6.54 Å². The van der Waals surface area contributed by atoms with Crippen molar-refractivity contribution in [3.05, 3.63) is 23.9 Å². The molecule has 0 atom stereocenters. The van der Waals surface area contributed by atoms with Crippen LogP contribution in [-0.2, 0) is 14.8 Å². The molecule has 4 rings (SSSR count). The maximum atomic E-state index is 12.9. The molecule has 0 radical (unpaired) electrons. The van der Waals surface area contributed by atoms with Crippen LogP contribution >= 0.6 is 0 Å². The van der Waals surface area contributed by atoms with Gasteiger partial charge in [-0.1, -0.05) is 6.92 Å². The average molecular weight is 423 g/mol. The van der Waals surface area contributed by atoms with Crippen molar-refractivity contribution in [3.8, 4) is 11.5 Å². The van der Waals surface area contributed by atoms with Crippen molar-refractivity contribution in [2.75, 3.05) is 59.0 Å². The molecule has 0 unspecified atom stereocenters. The molecule has 2 aliphatic rings. The number of carbonyl (C=O) groups is 1. The van der Waals surface area contributed by atoms with E-state index in [1.807, 2.05) is 0 Å². The number of sulfonamides is 1. The van der Waals surface area contributed by atoms with Gasteiger partial charge < -0.3 is 19.0 Å². The zero-order valence-electron chi connectivity index (χ0n) is 16.3. The number of ether oxygens (including phenoxy) is 1. The number of hydrogen-bond donors (Lipinski definition) is 1. The van der Waals surface area contributed by atoms with Crippen LogP contribution in [0.1, 0.15) is 17.3 Å². The lowest BCUT2D eigenvalue weighted by molar-refractivity contribution is 0.0303. The van der Waals surface area contributed by atoms with Crippen molar-refractivity contribution in [3.63, 3.8) is 0 Å². The number of morpholine rings is 1. The number of likely N-dealkylation sites (N-methyl/N-ethyl adjacent to an activating group) is 1. The molecule has 0 aromatic carbocycles. The molecule has 0 spiro atoms. The van der Waals surface area contributed by atoms with Gasteiger partial charge in [0.2, 0.25) is 5.09 Å². The van der Waals surface area contributed by atoms with Crippen LogP contribution in [0.25, 0.3) is 11.5 Å². The minimum absolute atomic E-state index is 0.128. The van der Waals surface area contributed by atoms with Gasteiger partial charge in [-0.25, -0.2) is 8.42 Å². The van der Waals surface area contributed by atoms with Crippen LogP contribution in [0.15, 0.2) is 27.8 Å². The first-order valence-corrected chi connectivity index (χ1v) is 11.2. The van der Waals surface area contributed by atoms with Gasteiger partial charge in [0.05, 0.1) is 25.0 Å². The summed E-state index contributed by atoms with van der Waals surface area (Å²) in [6.07, 6.45) is 1.44. The van der Waals surface area contributed by atoms with Crippen LogP contribution < -0.4 is 0 Å². The molecule has 10 nitrogen and oxygen atoms in total. The summed E-state index contributed by atoms with van der Waals surface area (Å²) in [6.45, 7) is 7.20. The van der Waals surface area contributed by atoms with Gasteiger partial charge >= 0.3 is 0 Å². The van der Waals surface area contributed by atoms with Crippen LogP contribution in [0.5, 0.6) is 0 Å². The van der Waals surface area contributed by atoms with Crippen molar-refractivity contribution in [2.24, 2.45) is 0 Å². The zero-order chi connectivity index (χ0) is 20.4. The van der Waals surface area contributed by atoms with Crippen molar-refractivity contribution in [2.45, 2.75) is 12.0 Å². The van der Waals surface area contributed by atoms with Crippen molar-refractivity contribution in [1.29, 1.82) is 0 Å². The SMILES string of the molecule is CCN1CCN(S(=O)(=O)c2ccc(-c3[nH]ncc3C(=O)N3CCOCC3)o2)CC1. The Hall–Kier alpha value is -2.21. The average Bonchev–Trinajstić information content (AvgIpc) is 3.43. The van der Waals surface area contributed by atoms with E-state index >= 15 is 0 Å². The van der Waals surface area contributed by atoms with Gasteiger partial charge in [-0.2, -0.15) is 9.40 Å². The molecule has 0 bridgehead atoms. The quantitative estimate of drug-likeness (QED) is 0.744. The molecule has 4 heterocycles. The predicted octanol–water partition coefficient (Wildman–Crippen LogP) is 0.468. The van der Waals surface area contributed by atoms with E-state index in [1.165, 1.54) is 16.6 Å². The second-order valence-electron chi connectivity index (χ2n) is 7.02. The van der Waals surface area contributed by atoms with Gasteiger partial charge in [0, 0.05) is 39.3 Å². The lowest BCUT2D eigenvalue weighted by Crippen LogP contribution is -2.48. The maximum Gasteiger partial charge on any atom is 0.276 e. The fourth-order valence-electron chi connectivity index (χ4n) is 3.58. The first kappa shape index (κ1) is 20.1. The normalized spacial score (nSPS) is 19.6. The third-order valence-electron chi connectivity index (χ3n) is 5.37. The highest BCUT2D eigenvalue weighted by molar-refractivity contribution is 7.89. The molecule has 0 aliphatic carbocycles. The summed E-state index contributed by atoms with van der Waals surface area (Å²) in [5.74, 6) is 0.0819. The van der Waals surface area contributed by atoms with Crippen LogP contribution in [0.2, 0.25) is 0 Å². The van der Waals surface area contributed by atoms with Crippen molar-refractivity contribution >= 4 is 15.9 Å². The van der Waals surface area contributed by atoms with E-state index in [9.17, 15) is 13.2 Å². The van der Waals surface area contributed by atoms with E-state index in [1.54, 1.807) is 11.0 Å². The number of amides is 1. The summed E-state index contributed by atoms with van der Waals surface area (Å²) >= 11 is 0. The van der Waals surface area contributed by atoms with E-state index in [2.05, 4.69) is 22.0 Å². The molecule has 2 aromatic heterocycles. The summed E-state index contributed by atoms with van der Waals surface area (Å²) in [7, 11) is -3.72. The summed E-state index contributed by atoms with van der Waals surface area (Å²) in [5.41, 5.74) is 0.723. The molecular formula is C18H25N5O5S. The van der Waals surface area contributed by atoms with Crippen molar-refractivity contribution < 1.29 is 22.4 Å². The molecule has 158 valence electrons. The Kier molecular flexibility index (Phi) is 5.72. The number of aromatic nitrogens is 2. The number of aromatic amines is 1. The fourth-order valence-corrected chi connectivity index (χ4v) is 4.91. The molecule has 2 aliphatic heterocycles. The van der Waals surface area contributed by atoms with Gasteiger partial charge in [-0.05, 0) is 18.7 Å². The van der Waals surface area contributed by atoms with Crippen LogP contribution in [0.4, 0.5) is 0 Å². The Morgan fingerprint density at radius 1 is 1.14 bits per heavy atom. The third kappa shape index (κ3) is 3.95. The minimum atomic E-state index is -3.72. The Morgan fingerprint density at radius 2 is 1.86 bits per heavy atom. The Labute approximate surface area is 169 Å². The number of piperazine rings is 1. The second kappa shape index (κ2) is 8.27. The van der Waals surface area contributed by atoms with Crippen LogP contribution in [0.3, 0.4) is 0 Å². The van der Waals surface area contributed by atoms with E-state index in [-0.39, 0.29) is 16.8 Å². The smallest absolute Gasteiger partial charge is 0.276 e. The van der Waals surface area contributed by atoms with Crippen LogP contribution in [0, 0.1) is 0 Å². The number of nitrogens with one attached hydrogen (secondary N) is 1. The number of hydrogen-bond acceptors (Lipinski definition) is 7. The lowest BCUT2D eigenvalue weighted by atomic mass is 10.2. The molecule has 1 N–H and O–H groups in total. The Morgan fingerprint density at radius 3 is 2.55 bits per heavy atom. The lowest BCUT2D eigenvalue weighted by Gasteiger charge is -2.32. The molecular weight excluding hydrogens is 398 g/mol. The molecule has 2 fully saturated rings. The number of rotatable bonds is 5. The predicted molar refractivity (Wildman–Crippen MR) is 104 cm³/mol. The largest absolute Gasteiger partial charge is 0.442 e. The monoisotopic (exact) mass is 423 g/mol. The Balaban J connectivity index is 1.54. The summed E-state index contributed by atoms with van der Waals surface area (Å²) < 4.78 is 38.3. The summed E-state index contributed by atoms with van der Waals surface area (Å²) in [4.78, 5) is 16.7. The topological polar surface area (TPSA) is 112 Å². The van der Waals surface area contributed by atoms with Gasteiger partial charge in [-0.15, -0.1) is 0 Å². The highest BCUT2D eigenvalue weighted by Crippen LogP contribution is 2.28.